The van der Waals surface area contributed by atoms with Crippen molar-refractivity contribution in [3.05, 3.63) is 65.7 Å². The van der Waals surface area contributed by atoms with Crippen LogP contribution in [-0.4, -0.2) is 55.6 Å². The van der Waals surface area contributed by atoms with E-state index in [4.69, 9.17) is 9.73 Å². The SMILES string of the molecule is CCNC(=NCCc1ccc(OCC(=O)NC2CC2)cc1)N1CCC(Cc2ccccc2)C1. The van der Waals surface area contributed by atoms with Gasteiger partial charge in [0, 0.05) is 32.2 Å². The lowest BCUT2D eigenvalue weighted by Gasteiger charge is -2.21. The predicted octanol–water partition coefficient (Wildman–Crippen LogP) is 3.42. The van der Waals surface area contributed by atoms with Gasteiger partial charge in [-0.3, -0.25) is 9.79 Å². The van der Waals surface area contributed by atoms with Gasteiger partial charge >= 0.3 is 0 Å². The Morgan fingerprint density at radius 1 is 1.06 bits per heavy atom. The second-order valence-corrected chi connectivity index (χ2v) is 9.05. The fraction of sp³-hybridized carbons (Fsp3) is 0.481. The maximum absolute atomic E-state index is 11.8. The summed E-state index contributed by atoms with van der Waals surface area (Å²) in [4.78, 5) is 19.1. The number of nitrogens with one attached hydrogen (secondary N) is 2. The average molecular weight is 449 g/mol. The van der Waals surface area contributed by atoms with Gasteiger partial charge in [0.2, 0.25) is 0 Å². The highest BCUT2D eigenvalue weighted by atomic mass is 16.5. The number of hydrogen-bond acceptors (Lipinski definition) is 3. The van der Waals surface area contributed by atoms with Gasteiger partial charge in [0.1, 0.15) is 5.75 Å². The maximum atomic E-state index is 11.8. The minimum atomic E-state index is -0.0419. The van der Waals surface area contributed by atoms with E-state index >= 15 is 0 Å². The highest BCUT2D eigenvalue weighted by molar-refractivity contribution is 5.80. The maximum Gasteiger partial charge on any atom is 0.258 e. The van der Waals surface area contributed by atoms with Crippen LogP contribution in [0.1, 0.15) is 37.3 Å². The third-order valence-electron chi connectivity index (χ3n) is 6.19. The molecule has 1 unspecified atom stereocenters. The highest BCUT2D eigenvalue weighted by Crippen LogP contribution is 2.21. The van der Waals surface area contributed by atoms with Crippen LogP contribution in [0.4, 0.5) is 0 Å². The van der Waals surface area contributed by atoms with Gasteiger partial charge in [-0.2, -0.15) is 0 Å². The van der Waals surface area contributed by atoms with E-state index in [-0.39, 0.29) is 12.5 Å². The Bertz CT molecular complexity index is 909. The summed E-state index contributed by atoms with van der Waals surface area (Å²) >= 11 is 0. The van der Waals surface area contributed by atoms with E-state index in [2.05, 4.69) is 64.9 Å². The van der Waals surface area contributed by atoms with Crippen molar-refractivity contribution in [2.24, 2.45) is 10.9 Å². The molecule has 1 amide bonds. The molecule has 1 saturated carbocycles. The van der Waals surface area contributed by atoms with Gasteiger partial charge in [0.15, 0.2) is 12.6 Å². The summed E-state index contributed by atoms with van der Waals surface area (Å²) in [5, 5.41) is 6.40. The quantitative estimate of drug-likeness (QED) is 0.432. The van der Waals surface area contributed by atoms with Crippen LogP contribution >= 0.6 is 0 Å². The molecule has 1 saturated heterocycles. The van der Waals surface area contributed by atoms with Gasteiger partial charge in [-0.25, -0.2) is 0 Å². The largest absolute Gasteiger partial charge is 0.484 e. The molecule has 33 heavy (non-hydrogen) atoms. The molecule has 1 heterocycles. The van der Waals surface area contributed by atoms with Crippen molar-refractivity contribution in [3.8, 4) is 5.75 Å². The molecule has 4 rings (SSSR count). The van der Waals surface area contributed by atoms with Crippen molar-refractivity contribution in [1.82, 2.24) is 15.5 Å². The highest BCUT2D eigenvalue weighted by Gasteiger charge is 2.25. The standard InChI is InChI=1S/C27H36N4O2/c1-2-28-27(31-17-15-23(19-31)18-22-6-4-3-5-7-22)29-16-14-21-8-12-25(13-9-21)33-20-26(32)30-24-10-11-24/h3-9,12-13,23-24H,2,10-11,14-20H2,1H3,(H,28,29)(H,30,32). The van der Waals surface area contributed by atoms with E-state index in [0.717, 1.165) is 63.6 Å². The molecule has 176 valence electrons. The molecule has 2 fully saturated rings. The topological polar surface area (TPSA) is 66.0 Å². The van der Waals surface area contributed by atoms with E-state index in [9.17, 15) is 4.79 Å². The lowest BCUT2D eigenvalue weighted by atomic mass is 9.99. The van der Waals surface area contributed by atoms with Crippen molar-refractivity contribution in [2.75, 3.05) is 32.8 Å². The van der Waals surface area contributed by atoms with Crippen LogP contribution in [0.3, 0.4) is 0 Å². The normalized spacial score (nSPS) is 18.3. The second-order valence-electron chi connectivity index (χ2n) is 9.05. The fourth-order valence-electron chi connectivity index (χ4n) is 4.25. The van der Waals surface area contributed by atoms with Gasteiger partial charge in [-0.05, 0) is 68.2 Å². The number of ether oxygens (including phenoxy) is 1. The molecule has 2 N–H and O–H groups in total. The summed E-state index contributed by atoms with van der Waals surface area (Å²) < 4.78 is 5.59. The summed E-state index contributed by atoms with van der Waals surface area (Å²) in [5.74, 6) is 2.38. The summed E-state index contributed by atoms with van der Waals surface area (Å²) in [6, 6.07) is 19.1. The Morgan fingerprint density at radius 3 is 2.58 bits per heavy atom. The van der Waals surface area contributed by atoms with Gasteiger partial charge in [0.05, 0.1) is 0 Å². The number of nitrogens with zero attached hydrogens (tertiary/aromatic N) is 2. The molecule has 2 aliphatic rings. The van der Waals surface area contributed by atoms with Gasteiger partial charge < -0.3 is 20.3 Å². The number of carbonyl (C=O) groups excluding carboxylic acids is 1. The molecule has 6 nitrogen and oxygen atoms in total. The number of aliphatic imine (C=N–C) groups is 1. The lowest BCUT2D eigenvalue weighted by Crippen LogP contribution is -2.40. The zero-order chi connectivity index (χ0) is 22.9. The zero-order valence-corrected chi connectivity index (χ0v) is 19.6. The van der Waals surface area contributed by atoms with Crippen LogP contribution in [0.2, 0.25) is 0 Å². The molecular formula is C27H36N4O2. The number of likely N-dealkylation sites (tertiary alicyclic amines) is 1. The second kappa shape index (κ2) is 11.7. The molecule has 1 aliphatic heterocycles. The van der Waals surface area contributed by atoms with Crippen molar-refractivity contribution in [2.45, 2.75) is 45.1 Å². The van der Waals surface area contributed by atoms with E-state index < -0.39 is 0 Å². The number of benzene rings is 2. The van der Waals surface area contributed by atoms with Crippen LogP contribution < -0.4 is 15.4 Å². The molecular weight excluding hydrogens is 412 g/mol. The first-order valence-corrected chi connectivity index (χ1v) is 12.3. The third kappa shape index (κ3) is 7.52. The third-order valence-corrected chi connectivity index (χ3v) is 6.19. The van der Waals surface area contributed by atoms with E-state index in [0.29, 0.717) is 12.0 Å². The van der Waals surface area contributed by atoms with Crippen molar-refractivity contribution in [1.29, 1.82) is 0 Å². The first kappa shape index (κ1) is 23.1. The minimum absolute atomic E-state index is 0.0419. The van der Waals surface area contributed by atoms with Gasteiger partial charge in [-0.15, -0.1) is 0 Å². The Hall–Kier alpha value is -3.02. The molecule has 0 bridgehead atoms. The fourth-order valence-corrected chi connectivity index (χ4v) is 4.25. The molecule has 1 aliphatic carbocycles. The van der Waals surface area contributed by atoms with Crippen molar-refractivity contribution >= 4 is 11.9 Å². The van der Waals surface area contributed by atoms with Crippen LogP contribution in [0.15, 0.2) is 59.6 Å². The average Bonchev–Trinajstić information content (AvgIpc) is 3.53. The molecule has 2 aromatic rings. The smallest absolute Gasteiger partial charge is 0.258 e. The molecule has 0 spiro atoms. The summed E-state index contributed by atoms with van der Waals surface area (Å²) in [5.41, 5.74) is 2.63. The molecule has 6 heteroatoms. The number of carbonyl (C=O) groups is 1. The number of rotatable bonds is 10. The van der Waals surface area contributed by atoms with Crippen LogP contribution in [0, 0.1) is 5.92 Å². The number of guanidine groups is 1. The van der Waals surface area contributed by atoms with E-state index in [1.165, 1.54) is 17.5 Å². The zero-order valence-electron chi connectivity index (χ0n) is 19.6. The van der Waals surface area contributed by atoms with E-state index in [1.54, 1.807) is 0 Å². The Labute approximate surface area is 197 Å². The number of amides is 1. The Morgan fingerprint density at radius 2 is 1.85 bits per heavy atom. The monoisotopic (exact) mass is 448 g/mol. The Kier molecular flexibility index (Phi) is 8.23. The minimum Gasteiger partial charge on any atom is -0.484 e. The van der Waals surface area contributed by atoms with Crippen molar-refractivity contribution < 1.29 is 9.53 Å². The van der Waals surface area contributed by atoms with Crippen LogP contribution in [0.5, 0.6) is 5.75 Å². The Balaban J connectivity index is 1.22. The predicted molar refractivity (Wildman–Crippen MR) is 133 cm³/mol. The first-order valence-electron chi connectivity index (χ1n) is 12.3. The van der Waals surface area contributed by atoms with Crippen molar-refractivity contribution in [3.63, 3.8) is 0 Å². The molecule has 1 atom stereocenters. The molecule has 0 aromatic heterocycles. The first-order chi connectivity index (χ1) is 16.2. The lowest BCUT2D eigenvalue weighted by molar-refractivity contribution is -0.123. The summed E-state index contributed by atoms with van der Waals surface area (Å²) in [7, 11) is 0. The molecule has 2 aromatic carbocycles. The van der Waals surface area contributed by atoms with Gasteiger partial charge in [-0.1, -0.05) is 42.5 Å². The van der Waals surface area contributed by atoms with Gasteiger partial charge in [0.25, 0.3) is 5.91 Å². The summed E-state index contributed by atoms with van der Waals surface area (Å²) in [6.45, 7) is 5.93. The van der Waals surface area contributed by atoms with Crippen LogP contribution in [0.25, 0.3) is 0 Å². The molecule has 0 radical (unpaired) electrons. The number of hydrogen-bond donors (Lipinski definition) is 2. The summed E-state index contributed by atoms with van der Waals surface area (Å²) in [6.07, 6.45) is 5.39. The van der Waals surface area contributed by atoms with E-state index in [1.807, 2.05) is 12.1 Å². The van der Waals surface area contributed by atoms with Crippen LogP contribution in [-0.2, 0) is 17.6 Å².